The van der Waals surface area contributed by atoms with Crippen LogP contribution in [0.4, 0.5) is 0 Å². The summed E-state index contributed by atoms with van der Waals surface area (Å²) in [7, 11) is 1.55. The Morgan fingerprint density at radius 3 is 2.68 bits per heavy atom. The molecule has 6 nitrogen and oxygen atoms in total. The number of nitrogens with zero attached hydrogens (tertiary/aromatic N) is 1. The van der Waals surface area contributed by atoms with Gasteiger partial charge in [0.25, 0.3) is 11.8 Å². The van der Waals surface area contributed by atoms with Crippen LogP contribution >= 0.6 is 11.3 Å². The summed E-state index contributed by atoms with van der Waals surface area (Å²) >= 11 is 1.51. The number of hydrogen-bond acceptors (Lipinski definition) is 5. The maximum atomic E-state index is 11.8. The molecule has 1 heterocycles. The molecule has 0 saturated carbocycles. The molecule has 0 spiro atoms. The summed E-state index contributed by atoms with van der Waals surface area (Å²) in [5.74, 6) is -0.0630. The zero-order chi connectivity index (χ0) is 15.8. The molecule has 2 aromatic rings. The molecular formula is C15H15N3O3S. The zero-order valence-electron chi connectivity index (χ0n) is 11.9. The van der Waals surface area contributed by atoms with E-state index in [0.717, 1.165) is 4.88 Å². The van der Waals surface area contributed by atoms with Crippen molar-refractivity contribution in [3.8, 4) is 5.75 Å². The minimum atomic E-state index is -0.394. The van der Waals surface area contributed by atoms with Crippen LogP contribution in [-0.4, -0.2) is 31.7 Å². The van der Waals surface area contributed by atoms with Crippen LogP contribution in [0.3, 0.4) is 0 Å². The van der Waals surface area contributed by atoms with Crippen molar-refractivity contribution in [1.29, 1.82) is 0 Å². The molecule has 2 rings (SSSR count). The van der Waals surface area contributed by atoms with Crippen LogP contribution in [0.1, 0.15) is 15.2 Å². The molecule has 22 heavy (non-hydrogen) atoms. The first-order valence-electron chi connectivity index (χ1n) is 6.46. The van der Waals surface area contributed by atoms with Crippen molar-refractivity contribution in [3.63, 3.8) is 0 Å². The summed E-state index contributed by atoms with van der Waals surface area (Å²) in [6.45, 7) is -0.146. The summed E-state index contributed by atoms with van der Waals surface area (Å²) < 4.78 is 5.01. The smallest absolute Gasteiger partial charge is 0.259 e. The van der Waals surface area contributed by atoms with Gasteiger partial charge in [-0.3, -0.25) is 9.59 Å². The minimum Gasteiger partial charge on any atom is -0.497 e. The fourth-order valence-electron chi connectivity index (χ4n) is 1.58. The lowest BCUT2D eigenvalue weighted by Crippen LogP contribution is -2.34. The summed E-state index contributed by atoms with van der Waals surface area (Å²) in [6, 6.07) is 10.4. The van der Waals surface area contributed by atoms with Crippen molar-refractivity contribution in [3.05, 3.63) is 52.2 Å². The number of benzene rings is 1. The fourth-order valence-corrected chi connectivity index (χ4v) is 2.16. The van der Waals surface area contributed by atoms with E-state index in [9.17, 15) is 9.59 Å². The van der Waals surface area contributed by atoms with Crippen LogP contribution in [-0.2, 0) is 4.79 Å². The third-order valence-electron chi connectivity index (χ3n) is 2.69. The van der Waals surface area contributed by atoms with E-state index in [1.165, 1.54) is 11.3 Å². The molecule has 1 aromatic carbocycles. The third-order valence-corrected chi connectivity index (χ3v) is 3.49. The number of ether oxygens (including phenoxy) is 1. The SMILES string of the molecule is COc1ccc(C(=O)NCC(=O)N/N=C/c2cccs2)cc1. The van der Waals surface area contributed by atoms with Crippen molar-refractivity contribution in [2.24, 2.45) is 5.10 Å². The Balaban J connectivity index is 1.76. The number of carbonyl (C=O) groups is 2. The van der Waals surface area contributed by atoms with Crippen molar-refractivity contribution in [2.45, 2.75) is 0 Å². The van der Waals surface area contributed by atoms with Crippen LogP contribution in [0.15, 0.2) is 46.9 Å². The van der Waals surface area contributed by atoms with Crippen LogP contribution in [0.25, 0.3) is 0 Å². The molecule has 0 fully saturated rings. The van der Waals surface area contributed by atoms with Crippen molar-refractivity contribution < 1.29 is 14.3 Å². The molecule has 0 bridgehead atoms. The maximum Gasteiger partial charge on any atom is 0.259 e. The van der Waals surface area contributed by atoms with Gasteiger partial charge in [-0.1, -0.05) is 6.07 Å². The number of hydrogen-bond donors (Lipinski definition) is 2. The highest BCUT2D eigenvalue weighted by Crippen LogP contribution is 2.10. The van der Waals surface area contributed by atoms with E-state index in [4.69, 9.17) is 4.74 Å². The van der Waals surface area contributed by atoms with E-state index in [1.807, 2.05) is 17.5 Å². The van der Waals surface area contributed by atoms with Crippen LogP contribution in [0.5, 0.6) is 5.75 Å². The predicted molar refractivity (Wildman–Crippen MR) is 85.4 cm³/mol. The maximum absolute atomic E-state index is 11.8. The Hall–Kier alpha value is -2.67. The first-order chi connectivity index (χ1) is 10.7. The zero-order valence-corrected chi connectivity index (χ0v) is 12.7. The van der Waals surface area contributed by atoms with Gasteiger partial charge in [0.2, 0.25) is 0 Å². The molecule has 0 saturated heterocycles. The number of carbonyl (C=O) groups excluding carboxylic acids is 2. The molecule has 0 aliphatic rings. The molecule has 2 N–H and O–H groups in total. The number of rotatable bonds is 6. The number of methoxy groups -OCH3 is 1. The van der Waals surface area contributed by atoms with E-state index < -0.39 is 5.91 Å². The van der Waals surface area contributed by atoms with Gasteiger partial charge in [0.15, 0.2) is 0 Å². The number of thiophene rings is 1. The standard InChI is InChI=1S/C15H15N3O3S/c1-21-12-6-4-11(5-7-12)15(20)16-10-14(19)18-17-9-13-3-2-8-22-13/h2-9H,10H2,1H3,(H,16,20)(H,18,19)/b17-9+. The Labute approximate surface area is 131 Å². The molecule has 114 valence electrons. The first kappa shape index (κ1) is 15.7. The highest BCUT2D eigenvalue weighted by atomic mass is 32.1. The first-order valence-corrected chi connectivity index (χ1v) is 7.34. The topological polar surface area (TPSA) is 79.8 Å². The van der Waals surface area contributed by atoms with Gasteiger partial charge in [-0.05, 0) is 35.7 Å². The van der Waals surface area contributed by atoms with Gasteiger partial charge in [0.1, 0.15) is 5.75 Å². The van der Waals surface area contributed by atoms with Gasteiger partial charge in [-0.25, -0.2) is 5.43 Å². The lowest BCUT2D eigenvalue weighted by atomic mass is 10.2. The van der Waals surface area contributed by atoms with Crippen LogP contribution < -0.4 is 15.5 Å². The molecular weight excluding hydrogens is 302 g/mol. The molecule has 0 unspecified atom stereocenters. The summed E-state index contributed by atoms with van der Waals surface area (Å²) in [4.78, 5) is 24.3. The Morgan fingerprint density at radius 1 is 1.27 bits per heavy atom. The lowest BCUT2D eigenvalue weighted by molar-refractivity contribution is -0.120. The van der Waals surface area contributed by atoms with E-state index >= 15 is 0 Å². The second-order valence-corrected chi connectivity index (χ2v) is 5.20. The normalized spacial score (nSPS) is 10.4. The van der Waals surface area contributed by atoms with Gasteiger partial charge in [-0.2, -0.15) is 5.10 Å². The monoisotopic (exact) mass is 317 g/mol. The highest BCUT2D eigenvalue weighted by Gasteiger charge is 2.07. The van der Waals surface area contributed by atoms with Crippen molar-refractivity contribution in [2.75, 3.05) is 13.7 Å². The Bertz CT molecular complexity index is 651. The molecule has 0 radical (unpaired) electrons. The number of hydrazone groups is 1. The van der Waals surface area contributed by atoms with E-state index in [2.05, 4.69) is 15.8 Å². The van der Waals surface area contributed by atoms with Crippen molar-refractivity contribution >= 4 is 29.4 Å². The second kappa shape index (κ2) is 7.94. The van der Waals surface area contributed by atoms with E-state index in [0.29, 0.717) is 11.3 Å². The Morgan fingerprint density at radius 2 is 2.05 bits per heavy atom. The van der Waals surface area contributed by atoms with Gasteiger partial charge in [0, 0.05) is 10.4 Å². The predicted octanol–water partition coefficient (Wildman–Crippen LogP) is 1.64. The Kier molecular flexibility index (Phi) is 5.67. The van der Waals surface area contributed by atoms with E-state index in [-0.39, 0.29) is 12.5 Å². The quantitative estimate of drug-likeness (QED) is 0.628. The lowest BCUT2D eigenvalue weighted by Gasteiger charge is -2.05. The van der Waals surface area contributed by atoms with Crippen LogP contribution in [0, 0.1) is 0 Å². The average Bonchev–Trinajstić information content (AvgIpc) is 3.06. The number of nitrogens with one attached hydrogen (secondary N) is 2. The molecule has 1 aromatic heterocycles. The fraction of sp³-hybridized carbons (Fsp3) is 0.133. The molecule has 0 aliphatic heterocycles. The van der Waals surface area contributed by atoms with Gasteiger partial charge >= 0.3 is 0 Å². The molecule has 0 aliphatic carbocycles. The molecule has 2 amide bonds. The molecule has 7 heteroatoms. The second-order valence-electron chi connectivity index (χ2n) is 4.22. The van der Waals surface area contributed by atoms with Crippen molar-refractivity contribution in [1.82, 2.24) is 10.7 Å². The van der Waals surface area contributed by atoms with Crippen LogP contribution in [0.2, 0.25) is 0 Å². The van der Waals surface area contributed by atoms with Gasteiger partial charge in [0.05, 0.1) is 19.9 Å². The summed E-state index contributed by atoms with van der Waals surface area (Å²) in [5.41, 5.74) is 2.80. The average molecular weight is 317 g/mol. The third kappa shape index (κ3) is 4.71. The minimum absolute atomic E-state index is 0.146. The number of amides is 2. The van der Waals surface area contributed by atoms with Gasteiger partial charge < -0.3 is 10.1 Å². The highest BCUT2D eigenvalue weighted by molar-refractivity contribution is 7.11. The van der Waals surface area contributed by atoms with Gasteiger partial charge in [-0.15, -0.1) is 11.3 Å². The largest absolute Gasteiger partial charge is 0.497 e. The molecule has 0 atom stereocenters. The summed E-state index contributed by atoms with van der Waals surface area (Å²) in [5, 5.41) is 8.24. The summed E-state index contributed by atoms with van der Waals surface area (Å²) in [6.07, 6.45) is 1.55. The van der Waals surface area contributed by atoms with E-state index in [1.54, 1.807) is 37.6 Å².